The quantitative estimate of drug-likeness (QED) is 0.652. The Bertz CT molecular complexity index is 305. The molecule has 2 heterocycles. The lowest BCUT2D eigenvalue weighted by atomic mass is 9.72. The minimum Gasteiger partial charge on any atom is -0.444 e. The lowest BCUT2D eigenvalue weighted by molar-refractivity contribution is -0.104. The largest absolute Gasteiger partial charge is 0.444 e. The lowest BCUT2D eigenvalue weighted by Crippen LogP contribution is -2.69. The first-order valence-electron chi connectivity index (χ1n) is 6.19. The molecule has 1 unspecified atom stereocenters. The van der Waals surface area contributed by atoms with Gasteiger partial charge in [-0.2, -0.15) is 0 Å². The summed E-state index contributed by atoms with van der Waals surface area (Å²) in [6.07, 6.45) is 0.186. The lowest BCUT2D eigenvalue weighted by Gasteiger charge is -2.54. The zero-order valence-electron chi connectivity index (χ0n) is 10.8. The second kappa shape index (κ2) is 4.14. The zero-order chi connectivity index (χ0) is 12.7. The van der Waals surface area contributed by atoms with Gasteiger partial charge in [-0.25, -0.2) is 4.79 Å². The molecule has 0 aliphatic carbocycles. The number of nitrogens with zero attached hydrogens (tertiary/aromatic N) is 1. The first kappa shape index (κ1) is 12.6. The molecule has 0 aromatic heterocycles. The number of hydrogen-bond acceptors (Lipinski definition) is 4. The molecule has 0 saturated carbocycles. The van der Waals surface area contributed by atoms with E-state index in [0.717, 1.165) is 19.5 Å². The highest BCUT2D eigenvalue weighted by Gasteiger charge is 2.51. The number of nitrogens with one attached hydrogen (secondary N) is 1. The van der Waals surface area contributed by atoms with Crippen molar-refractivity contribution in [3.05, 3.63) is 0 Å². The fourth-order valence-electron chi connectivity index (χ4n) is 2.49. The van der Waals surface area contributed by atoms with Crippen LogP contribution in [0.25, 0.3) is 0 Å². The van der Waals surface area contributed by atoms with Gasteiger partial charge in [0.05, 0.1) is 6.10 Å². The van der Waals surface area contributed by atoms with Gasteiger partial charge in [0, 0.05) is 25.0 Å². The predicted molar refractivity (Wildman–Crippen MR) is 63.7 cm³/mol. The van der Waals surface area contributed by atoms with E-state index in [9.17, 15) is 9.90 Å². The number of ether oxygens (including phenoxy) is 1. The van der Waals surface area contributed by atoms with Crippen LogP contribution in [0.5, 0.6) is 0 Å². The fraction of sp³-hybridized carbons (Fsp3) is 0.917. The van der Waals surface area contributed by atoms with Gasteiger partial charge in [-0.1, -0.05) is 0 Å². The second-order valence-corrected chi connectivity index (χ2v) is 6.18. The van der Waals surface area contributed by atoms with Crippen LogP contribution in [0.1, 0.15) is 27.2 Å². The van der Waals surface area contributed by atoms with Crippen LogP contribution in [0.15, 0.2) is 0 Å². The van der Waals surface area contributed by atoms with E-state index < -0.39 is 5.60 Å². The number of piperidine rings is 1. The highest BCUT2D eigenvalue weighted by atomic mass is 16.6. The molecule has 0 bridgehead atoms. The van der Waals surface area contributed by atoms with Gasteiger partial charge in [0.15, 0.2) is 0 Å². The van der Waals surface area contributed by atoms with Gasteiger partial charge in [0.1, 0.15) is 5.60 Å². The molecule has 2 aliphatic rings. The van der Waals surface area contributed by atoms with E-state index in [1.807, 2.05) is 20.8 Å². The van der Waals surface area contributed by atoms with Crippen molar-refractivity contribution in [3.63, 3.8) is 0 Å². The number of aliphatic hydroxyl groups is 1. The van der Waals surface area contributed by atoms with Crippen molar-refractivity contribution in [2.75, 3.05) is 26.2 Å². The molecule has 2 rings (SSSR count). The van der Waals surface area contributed by atoms with Crippen molar-refractivity contribution in [2.45, 2.75) is 38.9 Å². The van der Waals surface area contributed by atoms with Crippen LogP contribution in [-0.4, -0.2) is 54.0 Å². The van der Waals surface area contributed by atoms with Crippen molar-refractivity contribution < 1.29 is 14.6 Å². The summed E-state index contributed by atoms with van der Waals surface area (Å²) in [4.78, 5) is 13.4. The Balaban J connectivity index is 1.87. The number of carbonyl (C=O) groups excluding carboxylic acids is 1. The third-order valence-electron chi connectivity index (χ3n) is 3.44. The normalized spacial score (nSPS) is 27.8. The first-order chi connectivity index (χ1) is 7.82. The van der Waals surface area contributed by atoms with Crippen molar-refractivity contribution in [3.8, 4) is 0 Å². The van der Waals surface area contributed by atoms with Gasteiger partial charge in [0.25, 0.3) is 0 Å². The monoisotopic (exact) mass is 242 g/mol. The van der Waals surface area contributed by atoms with Crippen LogP contribution in [0.3, 0.4) is 0 Å². The molecule has 0 aromatic carbocycles. The fourth-order valence-corrected chi connectivity index (χ4v) is 2.49. The first-order valence-corrected chi connectivity index (χ1v) is 6.19. The Labute approximate surface area is 102 Å². The summed E-state index contributed by atoms with van der Waals surface area (Å²) in [6, 6.07) is 0. The number of likely N-dealkylation sites (tertiary alicyclic amines) is 1. The van der Waals surface area contributed by atoms with Crippen molar-refractivity contribution >= 4 is 6.09 Å². The van der Waals surface area contributed by atoms with E-state index in [2.05, 4.69) is 5.32 Å². The summed E-state index contributed by atoms with van der Waals surface area (Å²) >= 11 is 0. The number of amides is 1. The molecule has 0 aromatic rings. The molecule has 0 radical (unpaired) electrons. The van der Waals surface area contributed by atoms with Crippen LogP contribution in [0.4, 0.5) is 4.79 Å². The minimum absolute atomic E-state index is 0.144. The van der Waals surface area contributed by atoms with E-state index in [1.165, 1.54) is 0 Å². The molecular weight excluding hydrogens is 220 g/mol. The highest BCUT2D eigenvalue weighted by Crippen LogP contribution is 2.37. The van der Waals surface area contributed by atoms with E-state index in [1.54, 1.807) is 4.90 Å². The molecule has 2 saturated heterocycles. The van der Waals surface area contributed by atoms with E-state index in [4.69, 9.17) is 4.74 Å². The summed E-state index contributed by atoms with van der Waals surface area (Å²) in [5.41, 5.74) is -0.599. The number of rotatable bonds is 0. The number of carbonyl (C=O) groups is 1. The van der Waals surface area contributed by atoms with Gasteiger partial charge in [-0.15, -0.1) is 0 Å². The predicted octanol–water partition coefficient (Wildman–Crippen LogP) is 0.578. The standard InChI is InChI=1S/C12H22N2O3/c1-11(2,3)17-10(16)14-7-12(8-14)6-13-5-4-9(12)15/h9,13,15H,4-8H2,1-3H3. The average Bonchev–Trinajstić information content (AvgIpc) is 2.12. The van der Waals surface area contributed by atoms with Crippen LogP contribution >= 0.6 is 0 Å². The summed E-state index contributed by atoms with van der Waals surface area (Å²) < 4.78 is 5.30. The van der Waals surface area contributed by atoms with Gasteiger partial charge >= 0.3 is 6.09 Å². The number of aliphatic hydroxyl groups excluding tert-OH is 1. The highest BCUT2D eigenvalue weighted by molar-refractivity contribution is 5.69. The van der Waals surface area contributed by atoms with Gasteiger partial charge in [-0.05, 0) is 33.7 Å². The molecule has 2 N–H and O–H groups in total. The molecule has 98 valence electrons. The van der Waals surface area contributed by atoms with Gasteiger partial charge < -0.3 is 20.1 Å². The maximum Gasteiger partial charge on any atom is 0.410 e. The Morgan fingerprint density at radius 1 is 1.47 bits per heavy atom. The molecule has 1 atom stereocenters. The molecule has 1 spiro atoms. The summed E-state index contributed by atoms with van der Waals surface area (Å²) in [7, 11) is 0. The summed E-state index contributed by atoms with van der Waals surface area (Å²) in [6.45, 7) is 8.40. The molecule has 2 fully saturated rings. The van der Waals surface area contributed by atoms with Crippen LogP contribution in [0.2, 0.25) is 0 Å². The van der Waals surface area contributed by atoms with E-state index >= 15 is 0 Å². The van der Waals surface area contributed by atoms with Crippen LogP contribution < -0.4 is 5.32 Å². The smallest absolute Gasteiger partial charge is 0.410 e. The van der Waals surface area contributed by atoms with Crippen LogP contribution in [-0.2, 0) is 4.74 Å². The minimum atomic E-state index is -0.455. The Kier molecular flexibility index (Phi) is 3.08. The van der Waals surface area contributed by atoms with Crippen molar-refractivity contribution in [1.29, 1.82) is 0 Å². The Morgan fingerprint density at radius 2 is 2.12 bits per heavy atom. The van der Waals surface area contributed by atoms with E-state index in [-0.39, 0.29) is 17.6 Å². The van der Waals surface area contributed by atoms with Gasteiger partial charge in [-0.3, -0.25) is 0 Å². The third-order valence-corrected chi connectivity index (χ3v) is 3.44. The third kappa shape index (κ3) is 2.55. The topological polar surface area (TPSA) is 61.8 Å². The molecule has 1 amide bonds. The Hall–Kier alpha value is -0.810. The second-order valence-electron chi connectivity index (χ2n) is 6.18. The molecular formula is C12H22N2O3. The maximum absolute atomic E-state index is 11.8. The molecule has 2 aliphatic heterocycles. The molecule has 17 heavy (non-hydrogen) atoms. The SMILES string of the molecule is CC(C)(C)OC(=O)N1CC2(CNCCC2O)C1. The number of hydrogen-bond donors (Lipinski definition) is 2. The molecule has 5 nitrogen and oxygen atoms in total. The summed E-state index contributed by atoms with van der Waals surface area (Å²) in [5.74, 6) is 0. The van der Waals surface area contributed by atoms with Crippen molar-refractivity contribution in [1.82, 2.24) is 10.2 Å². The van der Waals surface area contributed by atoms with Gasteiger partial charge in [0.2, 0.25) is 0 Å². The molecule has 5 heteroatoms. The van der Waals surface area contributed by atoms with Crippen LogP contribution in [0, 0.1) is 5.41 Å². The average molecular weight is 242 g/mol. The summed E-state index contributed by atoms with van der Waals surface area (Å²) in [5, 5.41) is 13.3. The zero-order valence-corrected chi connectivity index (χ0v) is 10.8. The van der Waals surface area contributed by atoms with Crippen molar-refractivity contribution in [2.24, 2.45) is 5.41 Å². The Morgan fingerprint density at radius 3 is 2.65 bits per heavy atom. The maximum atomic E-state index is 11.8. The van der Waals surface area contributed by atoms with E-state index in [0.29, 0.717) is 13.1 Å².